The van der Waals surface area contributed by atoms with Crippen LogP contribution in [-0.2, 0) is 11.1 Å². The lowest BCUT2D eigenvalue weighted by Gasteiger charge is -2.16. The molecule has 2 N–H and O–H groups in total. The number of rotatable bonds is 5. The van der Waals surface area contributed by atoms with Gasteiger partial charge in [0.25, 0.3) is 0 Å². The fraction of sp³-hybridized carbons (Fsp3) is 1.00. The Kier molecular flexibility index (Phi) is 5.72. The fourth-order valence-corrected chi connectivity index (χ4v) is 0.902. The van der Waals surface area contributed by atoms with Crippen LogP contribution >= 0.6 is 0 Å². The molecule has 0 aliphatic carbocycles. The van der Waals surface area contributed by atoms with Crippen LogP contribution in [0.1, 0.15) is 20.8 Å². The minimum Gasteiger partial charge on any atom is -0.313 e. The molecule has 0 amide bonds. The summed E-state index contributed by atoms with van der Waals surface area (Å²) in [5.41, 5.74) is 0. The highest BCUT2D eigenvalue weighted by molar-refractivity contribution is 7.79. The zero-order chi connectivity index (χ0) is 8.85. The first-order valence-electron chi connectivity index (χ1n) is 3.85. The van der Waals surface area contributed by atoms with Crippen LogP contribution in [0.25, 0.3) is 0 Å². The van der Waals surface area contributed by atoms with Gasteiger partial charge in [-0.3, -0.25) is 0 Å². The summed E-state index contributed by atoms with van der Waals surface area (Å²) < 4.78 is 18.7. The van der Waals surface area contributed by atoms with Crippen LogP contribution in [0.3, 0.4) is 0 Å². The molecule has 0 aliphatic heterocycles. The van der Waals surface area contributed by atoms with Crippen LogP contribution in [-0.4, -0.2) is 27.1 Å². The van der Waals surface area contributed by atoms with Gasteiger partial charge in [-0.15, -0.1) is 0 Å². The van der Waals surface area contributed by atoms with E-state index in [1.54, 1.807) is 0 Å². The Labute approximate surface area is 70.9 Å². The molecule has 4 heteroatoms. The third-order valence-corrected chi connectivity index (χ3v) is 2.30. The van der Waals surface area contributed by atoms with E-state index in [1.807, 2.05) is 0 Å². The smallest absolute Gasteiger partial charge is 0.154 e. The van der Waals surface area contributed by atoms with Crippen LogP contribution in [0.2, 0.25) is 0 Å². The van der Waals surface area contributed by atoms with Gasteiger partial charge in [-0.2, -0.15) is 0 Å². The summed E-state index contributed by atoms with van der Waals surface area (Å²) >= 11 is -1.66. The van der Waals surface area contributed by atoms with Crippen molar-refractivity contribution in [1.29, 1.82) is 0 Å². The lowest BCUT2D eigenvalue weighted by molar-refractivity contribution is 0.436. The highest BCUT2D eigenvalue weighted by Gasteiger charge is 2.05. The topological polar surface area (TPSA) is 49.3 Å². The van der Waals surface area contributed by atoms with Crippen molar-refractivity contribution < 1.29 is 8.76 Å². The minimum atomic E-state index is -1.66. The van der Waals surface area contributed by atoms with Crippen LogP contribution in [0.5, 0.6) is 0 Å². The molecular formula is C7H17NO2S. The van der Waals surface area contributed by atoms with Crippen molar-refractivity contribution in [2.75, 3.05) is 12.3 Å². The van der Waals surface area contributed by atoms with Gasteiger partial charge in [0.2, 0.25) is 0 Å². The average molecular weight is 179 g/mol. The largest absolute Gasteiger partial charge is 0.313 e. The standard InChI is InChI=1S/C7H17NO2S/c1-6(2)7(3)8-4-5-11(9)10/h6-8H,4-5H2,1-3H3,(H,9,10). The van der Waals surface area contributed by atoms with Gasteiger partial charge in [0.1, 0.15) is 0 Å². The van der Waals surface area contributed by atoms with Gasteiger partial charge in [0, 0.05) is 12.6 Å². The molecule has 0 aromatic rings. The Hall–Kier alpha value is 0.0700. The summed E-state index contributed by atoms with van der Waals surface area (Å²) in [6.45, 7) is 6.93. The highest BCUT2D eigenvalue weighted by atomic mass is 32.2. The molecule has 0 spiro atoms. The average Bonchev–Trinajstić information content (AvgIpc) is 1.86. The van der Waals surface area contributed by atoms with Crippen LogP contribution in [0, 0.1) is 5.92 Å². The van der Waals surface area contributed by atoms with Crippen LogP contribution < -0.4 is 5.32 Å². The second-order valence-corrected chi connectivity index (χ2v) is 4.06. The number of hydrogen-bond acceptors (Lipinski definition) is 2. The van der Waals surface area contributed by atoms with Gasteiger partial charge in [-0.25, -0.2) is 4.21 Å². The summed E-state index contributed by atoms with van der Waals surface area (Å²) in [5, 5.41) is 3.16. The van der Waals surface area contributed by atoms with Gasteiger partial charge in [-0.1, -0.05) is 13.8 Å². The van der Waals surface area contributed by atoms with Crippen molar-refractivity contribution in [3.63, 3.8) is 0 Å². The van der Waals surface area contributed by atoms with E-state index in [-0.39, 0.29) is 0 Å². The molecule has 0 aromatic carbocycles. The second-order valence-electron chi connectivity index (χ2n) is 3.01. The van der Waals surface area contributed by atoms with E-state index in [0.29, 0.717) is 24.3 Å². The first-order chi connectivity index (χ1) is 5.04. The Bertz CT molecular complexity index is 128. The molecule has 2 atom stereocenters. The van der Waals surface area contributed by atoms with Crippen LogP contribution in [0.15, 0.2) is 0 Å². The van der Waals surface area contributed by atoms with Gasteiger partial charge < -0.3 is 9.87 Å². The molecule has 0 rings (SSSR count). The third kappa shape index (κ3) is 6.47. The second kappa shape index (κ2) is 5.69. The number of nitrogens with one attached hydrogen (secondary N) is 1. The lowest BCUT2D eigenvalue weighted by Crippen LogP contribution is -2.33. The van der Waals surface area contributed by atoms with E-state index in [2.05, 4.69) is 26.1 Å². The molecule has 0 fully saturated rings. The molecular weight excluding hydrogens is 162 g/mol. The summed E-state index contributed by atoms with van der Waals surface area (Å²) in [6.07, 6.45) is 0. The van der Waals surface area contributed by atoms with Crippen molar-refractivity contribution in [2.24, 2.45) is 5.92 Å². The molecule has 0 radical (unpaired) electrons. The molecule has 0 heterocycles. The Morgan fingerprint density at radius 3 is 2.36 bits per heavy atom. The molecule has 0 aliphatic rings. The highest BCUT2D eigenvalue weighted by Crippen LogP contribution is 1.98. The fourth-order valence-electron chi connectivity index (χ4n) is 0.610. The SMILES string of the molecule is CC(C)C(C)NCCS(=O)O. The molecule has 0 aromatic heterocycles. The summed E-state index contributed by atoms with van der Waals surface area (Å²) in [6, 6.07) is 0.415. The first kappa shape index (κ1) is 11.1. The van der Waals surface area contributed by atoms with E-state index in [9.17, 15) is 4.21 Å². The molecule has 2 unspecified atom stereocenters. The first-order valence-corrected chi connectivity index (χ1v) is 5.12. The van der Waals surface area contributed by atoms with E-state index in [1.165, 1.54) is 0 Å². The molecule has 0 bridgehead atoms. The van der Waals surface area contributed by atoms with Crippen molar-refractivity contribution in [2.45, 2.75) is 26.8 Å². The van der Waals surface area contributed by atoms with Crippen LogP contribution in [0.4, 0.5) is 0 Å². The van der Waals surface area contributed by atoms with Crippen molar-refractivity contribution in [3.05, 3.63) is 0 Å². The van der Waals surface area contributed by atoms with Gasteiger partial charge in [0.15, 0.2) is 11.1 Å². The maximum absolute atomic E-state index is 10.2. The molecule has 11 heavy (non-hydrogen) atoms. The summed E-state index contributed by atoms with van der Waals surface area (Å²) in [7, 11) is 0. The van der Waals surface area contributed by atoms with Gasteiger partial charge in [-0.05, 0) is 12.8 Å². The monoisotopic (exact) mass is 179 g/mol. The normalized spacial score (nSPS) is 16.8. The van der Waals surface area contributed by atoms with E-state index in [0.717, 1.165) is 0 Å². The van der Waals surface area contributed by atoms with E-state index in [4.69, 9.17) is 4.55 Å². The Morgan fingerprint density at radius 2 is 2.00 bits per heavy atom. The van der Waals surface area contributed by atoms with Crippen molar-refractivity contribution in [1.82, 2.24) is 5.32 Å². The van der Waals surface area contributed by atoms with Gasteiger partial charge >= 0.3 is 0 Å². The molecule has 0 saturated heterocycles. The Balaban J connectivity index is 3.31. The predicted molar refractivity (Wildman–Crippen MR) is 47.9 cm³/mol. The zero-order valence-electron chi connectivity index (χ0n) is 7.33. The molecule has 0 saturated carbocycles. The molecule has 68 valence electrons. The molecule has 3 nitrogen and oxygen atoms in total. The number of hydrogen-bond donors (Lipinski definition) is 2. The van der Waals surface area contributed by atoms with Crippen molar-refractivity contribution in [3.8, 4) is 0 Å². The maximum Gasteiger partial charge on any atom is 0.154 e. The maximum atomic E-state index is 10.2. The predicted octanol–water partition coefficient (Wildman–Crippen LogP) is 0.842. The lowest BCUT2D eigenvalue weighted by atomic mass is 10.1. The van der Waals surface area contributed by atoms with Crippen molar-refractivity contribution >= 4 is 11.1 Å². The third-order valence-electron chi connectivity index (χ3n) is 1.74. The quantitative estimate of drug-likeness (QED) is 0.615. The van der Waals surface area contributed by atoms with E-state index < -0.39 is 11.1 Å². The van der Waals surface area contributed by atoms with E-state index >= 15 is 0 Å². The zero-order valence-corrected chi connectivity index (χ0v) is 8.15. The Morgan fingerprint density at radius 1 is 1.45 bits per heavy atom. The minimum absolute atomic E-state index is 0.317. The van der Waals surface area contributed by atoms with Gasteiger partial charge in [0.05, 0.1) is 5.75 Å². The summed E-state index contributed by atoms with van der Waals surface area (Å²) in [4.78, 5) is 0. The summed E-state index contributed by atoms with van der Waals surface area (Å²) in [5.74, 6) is 0.888.